The Bertz CT molecular complexity index is 2140. The highest BCUT2D eigenvalue weighted by Gasteiger charge is 2.21. The van der Waals surface area contributed by atoms with E-state index in [1.54, 1.807) is 4.57 Å². The number of aliphatic imine (C=N–C) groups is 1. The predicted molar refractivity (Wildman–Crippen MR) is 220 cm³/mol. The van der Waals surface area contributed by atoms with E-state index in [2.05, 4.69) is 94.5 Å². The summed E-state index contributed by atoms with van der Waals surface area (Å²) in [7, 11) is 0. The van der Waals surface area contributed by atoms with Crippen molar-refractivity contribution in [1.82, 2.24) is 30.2 Å². The van der Waals surface area contributed by atoms with Crippen molar-refractivity contribution in [3.05, 3.63) is 112 Å². The van der Waals surface area contributed by atoms with Gasteiger partial charge in [-0.25, -0.2) is 14.2 Å². The molecule has 6 rings (SSSR count). The van der Waals surface area contributed by atoms with Gasteiger partial charge >= 0.3 is 5.69 Å². The van der Waals surface area contributed by atoms with E-state index >= 15 is 0 Å². The van der Waals surface area contributed by atoms with Crippen LogP contribution in [0.2, 0.25) is 0 Å². The predicted octanol–water partition coefficient (Wildman–Crippen LogP) is 4.94. The molecule has 3 aromatic heterocycles. The van der Waals surface area contributed by atoms with Crippen molar-refractivity contribution in [3.63, 3.8) is 0 Å². The summed E-state index contributed by atoms with van der Waals surface area (Å²) in [6, 6.07) is 18.7. The maximum atomic E-state index is 13.0. The normalized spacial score (nSPS) is 13.3. The van der Waals surface area contributed by atoms with Gasteiger partial charge < -0.3 is 37.3 Å². The van der Waals surface area contributed by atoms with E-state index < -0.39 is 5.82 Å². The zero-order chi connectivity index (χ0) is 39.8. The van der Waals surface area contributed by atoms with Crippen LogP contribution in [0, 0.1) is 5.82 Å². The molecule has 1 amide bonds. The molecular formula is C41H54FN11O2. The van der Waals surface area contributed by atoms with Gasteiger partial charge in [0.2, 0.25) is 0 Å². The fourth-order valence-electron chi connectivity index (χ4n) is 5.92. The smallest absolute Gasteiger partial charge is 0.354 e. The average Bonchev–Trinajstić information content (AvgIpc) is 3.58. The third-order valence-corrected chi connectivity index (χ3v) is 9.16. The second-order valence-corrected chi connectivity index (χ2v) is 15.7. The number of aromatic nitrogens is 4. The average molecular weight is 752 g/mol. The number of carbonyl (C=O) groups is 1. The highest BCUT2D eigenvalue weighted by atomic mass is 19.1. The number of H-pyrrole nitrogens is 1. The topological polar surface area (TPSA) is 184 Å². The number of nitrogens with one attached hydrogen (secondary N) is 4. The number of fused-ring (bicyclic) bond motifs is 1. The number of guanidine groups is 1. The summed E-state index contributed by atoms with van der Waals surface area (Å²) in [5, 5.41) is 10.4. The molecule has 1 aliphatic rings. The second kappa shape index (κ2) is 17.7. The quantitative estimate of drug-likeness (QED) is 0.0654. The van der Waals surface area contributed by atoms with Crippen LogP contribution in [0.5, 0.6) is 0 Å². The molecule has 0 radical (unpaired) electrons. The third-order valence-electron chi connectivity index (χ3n) is 9.16. The number of hydrogen-bond donors (Lipinski definition) is 6. The van der Waals surface area contributed by atoms with Gasteiger partial charge in [-0.05, 0) is 78.0 Å². The van der Waals surface area contributed by atoms with Crippen molar-refractivity contribution >= 4 is 34.4 Å². The minimum atomic E-state index is -0.432. The summed E-state index contributed by atoms with van der Waals surface area (Å²) in [6.07, 6.45) is 3.80. The number of nitrogens with two attached hydrogens (primary N) is 2. The van der Waals surface area contributed by atoms with E-state index in [4.69, 9.17) is 11.5 Å². The molecule has 0 bridgehead atoms. The summed E-state index contributed by atoms with van der Waals surface area (Å²) >= 11 is 0. The molecule has 1 aliphatic heterocycles. The molecule has 1 fully saturated rings. The Labute approximate surface area is 321 Å². The molecule has 14 heteroatoms. The zero-order valence-electron chi connectivity index (χ0n) is 32.7. The van der Waals surface area contributed by atoms with Crippen LogP contribution in [-0.2, 0) is 17.4 Å². The van der Waals surface area contributed by atoms with Crippen LogP contribution in [0.15, 0.2) is 82.8 Å². The number of nitrogens with zero attached hydrogens (tertiary/aromatic N) is 5. The van der Waals surface area contributed by atoms with Gasteiger partial charge in [0.15, 0.2) is 5.96 Å². The lowest BCUT2D eigenvalue weighted by Gasteiger charge is -2.31. The number of anilines is 2. The van der Waals surface area contributed by atoms with E-state index in [-0.39, 0.29) is 28.4 Å². The summed E-state index contributed by atoms with van der Waals surface area (Å²) < 4.78 is 14.6. The number of hydrogen-bond acceptors (Lipinski definition) is 8. The van der Waals surface area contributed by atoms with Gasteiger partial charge in [-0.2, -0.15) is 4.98 Å². The molecule has 5 aromatic rings. The summed E-state index contributed by atoms with van der Waals surface area (Å²) in [4.78, 5) is 42.8. The molecule has 55 heavy (non-hydrogen) atoms. The van der Waals surface area contributed by atoms with Crippen LogP contribution in [0.3, 0.4) is 0 Å². The van der Waals surface area contributed by atoms with Gasteiger partial charge in [-0.3, -0.25) is 14.4 Å². The molecule has 292 valence electrons. The summed E-state index contributed by atoms with van der Waals surface area (Å²) in [6.45, 7) is 18.6. The Morgan fingerprint density at radius 1 is 0.945 bits per heavy atom. The monoisotopic (exact) mass is 751 g/mol. The van der Waals surface area contributed by atoms with E-state index in [0.717, 1.165) is 85.5 Å². The molecule has 0 saturated carbocycles. The molecule has 1 saturated heterocycles. The van der Waals surface area contributed by atoms with Crippen molar-refractivity contribution in [1.29, 1.82) is 0 Å². The number of rotatable bonds is 10. The van der Waals surface area contributed by atoms with Gasteiger partial charge in [0.1, 0.15) is 17.3 Å². The van der Waals surface area contributed by atoms with E-state index in [9.17, 15) is 14.0 Å². The van der Waals surface area contributed by atoms with Crippen molar-refractivity contribution in [3.8, 4) is 5.69 Å². The number of carbonyl (C=O) groups excluding carboxylic acids is 1. The first kappa shape index (κ1) is 40.6. The maximum absolute atomic E-state index is 13.0. The molecule has 0 atom stereocenters. The fourth-order valence-corrected chi connectivity index (χ4v) is 5.92. The van der Waals surface area contributed by atoms with Crippen molar-refractivity contribution < 1.29 is 9.18 Å². The Morgan fingerprint density at radius 3 is 2.31 bits per heavy atom. The van der Waals surface area contributed by atoms with E-state index in [1.807, 2.05) is 42.6 Å². The minimum Gasteiger partial charge on any atom is -0.370 e. The molecule has 13 nitrogen and oxygen atoms in total. The summed E-state index contributed by atoms with van der Waals surface area (Å²) in [5.41, 5.74) is 16.5. The molecule has 8 N–H and O–H groups in total. The molecule has 0 spiro atoms. The number of piperazine rings is 1. The fraction of sp³-hybridized carbons (Fsp3) is 0.390. The third kappa shape index (κ3) is 11.4. The van der Waals surface area contributed by atoms with E-state index in [1.165, 1.54) is 12.1 Å². The second-order valence-electron chi connectivity index (χ2n) is 15.7. The Kier molecular flexibility index (Phi) is 13.1. The van der Waals surface area contributed by atoms with Gasteiger partial charge in [0.25, 0.3) is 5.91 Å². The summed E-state index contributed by atoms with van der Waals surface area (Å²) in [5.74, 6) is -0.218. The first-order chi connectivity index (χ1) is 26.1. The van der Waals surface area contributed by atoms with Crippen LogP contribution in [0.25, 0.3) is 16.7 Å². The van der Waals surface area contributed by atoms with Gasteiger partial charge in [0.05, 0.1) is 11.9 Å². The van der Waals surface area contributed by atoms with Crippen LogP contribution in [0.4, 0.5) is 15.9 Å². The lowest BCUT2D eigenvalue weighted by Crippen LogP contribution is -2.43. The van der Waals surface area contributed by atoms with Crippen LogP contribution in [0.1, 0.15) is 75.1 Å². The first-order valence-electron chi connectivity index (χ1n) is 18.6. The number of benzene rings is 2. The van der Waals surface area contributed by atoms with Gasteiger partial charge in [0, 0.05) is 73.2 Å². The Morgan fingerprint density at radius 2 is 1.67 bits per heavy atom. The Hall–Kier alpha value is -5.60. The van der Waals surface area contributed by atoms with E-state index in [0.29, 0.717) is 23.6 Å². The first-order valence-corrected chi connectivity index (χ1v) is 18.6. The van der Waals surface area contributed by atoms with Crippen LogP contribution in [-0.4, -0.2) is 70.7 Å². The number of amides is 1. The molecule has 2 aromatic carbocycles. The van der Waals surface area contributed by atoms with Crippen molar-refractivity contribution in [2.75, 3.05) is 49.5 Å². The highest BCUT2D eigenvalue weighted by molar-refractivity contribution is 6.04. The largest absolute Gasteiger partial charge is 0.370 e. The number of aromatic amines is 1. The van der Waals surface area contributed by atoms with Crippen LogP contribution >= 0.6 is 0 Å². The standard InChI is InChI=1S/C21H29N7O.C20H25FN4O/c1-21(2,3)17-11-15-13-28(20(29)27-18(15)26-17)16-7-5-14(6-8-16)12-24-9-4-10-25-19(22)23;1-20(2,3)15-10-14(11-17(12-15)25-8-6-22-7-9-25)19(26)24-18-5-4-16(21)13-23-18/h5-8,11,13,24H,4,9-10,12H2,1-3H3,(H4,22,23,25)(H,26,27,29);4-5,10-13,22H,6-9H2,1-3H3,(H,23,24,26). The number of pyridine rings is 1. The lowest BCUT2D eigenvalue weighted by atomic mass is 9.85. The van der Waals surface area contributed by atoms with Crippen molar-refractivity contribution in [2.24, 2.45) is 16.5 Å². The minimum absolute atomic E-state index is 0.0352. The zero-order valence-corrected chi connectivity index (χ0v) is 32.7. The molecule has 4 heterocycles. The SMILES string of the molecule is CC(C)(C)c1cc(C(=O)Nc2ccc(F)cn2)cc(N2CCNCC2)c1.CC(C)(C)c1cc2cn(-c3ccc(CNCCCN=C(N)N)cc3)c(=O)nc2[nH]1. The molecule has 0 aliphatic carbocycles. The van der Waals surface area contributed by atoms with Crippen molar-refractivity contribution in [2.45, 2.75) is 65.3 Å². The number of halogens is 1. The highest BCUT2D eigenvalue weighted by Crippen LogP contribution is 2.29. The molecular weight excluding hydrogens is 698 g/mol. The van der Waals surface area contributed by atoms with Gasteiger partial charge in [-0.1, -0.05) is 53.7 Å². The maximum Gasteiger partial charge on any atom is 0.354 e. The van der Waals surface area contributed by atoms with Gasteiger partial charge in [-0.15, -0.1) is 0 Å². The Balaban J connectivity index is 0.000000212. The lowest BCUT2D eigenvalue weighted by molar-refractivity contribution is 0.102. The molecule has 0 unspecified atom stereocenters. The van der Waals surface area contributed by atoms with Crippen LogP contribution < -0.4 is 38.0 Å².